The first-order valence-electron chi connectivity index (χ1n) is 25.9. The zero-order valence-electron chi connectivity index (χ0n) is 40.5. The summed E-state index contributed by atoms with van der Waals surface area (Å²) >= 11 is 0. The van der Waals surface area contributed by atoms with Crippen molar-refractivity contribution in [1.82, 2.24) is 0 Å². The summed E-state index contributed by atoms with van der Waals surface area (Å²) < 4.78 is 34.2. The van der Waals surface area contributed by atoms with Crippen molar-refractivity contribution >= 4 is 5.97 Å². The van der Waals surface area contributed by atoms with Crippen LogP contribution in [0.15, 0.2) is 24.3 Å². The van der Waals surface area contributed by atoms with Gasteiger partial charge in [0.15, 0.2) is 12.6 Å². The minimum atomic E-state index is -1.71. The Morgan fingerprint density at radius 1 is 0.492 bits per heavy atom. The third kappa shape index (κ3) is 27.3. The lowest BCUT2D eigenvalue weighted by Gasteiger charge is -2.42. The Morgan fingerprint density at radius 2 is 0.923 bits per heavy atom. The molecule has 0 bridgehead atoms. The predicted octanol–water partition coefficient (Wildman–Crippen LogP) is 7.63. The van der Waals surface area contributed by atoms with Gasteiger partial charge in [0.2, 0.25) is 0 Å². The van der Waals surface area contributed by atoms with Gasteiger partial charge in [0, 0.05) is 13.0 Å². The van der Waals surface area contributed by atoms with Crippen LogP contribution in [-0.2, 0) is 33.2 Å². The highest BCUT2D eigenvalue weighted by Gasteiger charge is 2.47. The predicted molar refractivity (Wildman–Crippen MR) is 252 cm³/mol. The molecule has 11 atom stereocenters. The summed E-state index contributed by atoms with van der Waals surface area (Å²) in [5.41, 5.74) is 0. The summed E-state index contributed by atoms with van der Waals surface area (Å²) in [6, 6.07) is 0. The van der Waals surface area contributed by atoms with E-state index in [0.717, 1.165) is 51.4 Å². The molecule has 0 radical (unpaired) electrons. The van der Waals surface area contributed by atoms with Crippen LogP contribution in [0.2, 0.25) is 0 Å². The summed E-state index contributed by atoms with van der Waals surface area (Å²) in [6.07, 6.45) is 25.3. The summed E-state index contributed by atoms with van der Waals surface area (Å²) in [5.74, 6) is -0.380. The number of aliphatic hydroxyl groups excluding tert-OH is 7. The molecule has 2 fully saturated rings. The summed E-state index contributed by atoms with van der Waals surface area (Å²) in [4.78, 5) is 13.0. The third-order valence-corrected chi connectivity index (χ3v) is 12.4. The molecule has 0 spiro atoms. The van der Waals surface area contributed by atoms with Gasteiger partial charge < -0.3 is 64.2 Å². The van der Waals surface area contributed by atoms with Gasteiger partial charge in [-0.1, -0.05) is 154 Å². The van der Waals surface area contributed by atoms with Gasteiger partial charge in [-0.15, -0.1) is 0 Å². The zero-order valence-corrected chi connectivity index (χ0v) is 40.5. The minimum Gasteiger partial charge on any atom is -0.457 e. The van der Waals surface area contributed by atoms with Crippen LogP contribution in [0.1, 0.15) is 194 Å². The van der Waals surface area contributed by atoms with E-state index in [9.17, 15) is 40.5 Å². The fourth-order valence-electron chi connectivity index (χ4n) is 8.14. The molecule has 11 unspecified atom stereocenters. The number of rotatable bonds is 41. The number of esters is 1. The standard InChI is InChI=1S/C51H94O14/c1-3-5-7-9-11-13-15-17-18-19-20-21-22-23-24-26-28-30-32-34-43(53)63-40(37-60-35-33-31-29-27-25-16-14-12-10-8-6-4-2)38-61-50-49(59)47(57)45(55)42(65-50)39-62-51-48(58)46(56)44(54)41(36-52)64-51/h10,12,17-18,40-42,44-52,54-59H,3-9,11,13-16,19-39H2,1-2H3/b12-10-,18-17-. The first-order chi connectivity index (χ1) is 31.6. The summed E-state index contributed by atoms with van der Waals surface area (Å²) in [7, 11) is 0. The van der Waals surface area contributed by atoms with Crippen molar-refractivity contribution in [1.29, 1.82) is 0 Å². The van der Waals surface area contributed by atoms with Crippen LogP contribution in [0, 0.1) is 0 Å². The topological polar surface area (TPSA) is 214 Å². The van der Waals surface area contributed by atoms with Gasteiger partial charge in [-0.3, -0.25) is 4.79 Å². The molecule has 14 heteroatoms. The maximum Gasteiger partial charge on any atom is 0.306 e. The van der Waals surface area contributed by atoms with E-state index in [0.29, 0.717) is 13.0 Å². The first kappa shape index (κ1) is 59.6. The number of aliphatic hydroxyl groups is 7. The molecule has 0 saturated carbocycles. The number of allylic oxidation sites excluding steroid dienone is 4. The van der Waals surface area contributed by atoms with E-state index in [2.05, 4.69) is 38.2 Å². The number of hydrogen-bond acceptors (Lipinski definition) is 14. The van der Waals surface area contributed by atoms with Crippen LogP contribution < -0.4 is 0 Å². The second kappa shape index (κ2) is 39.3. The minimum absolute atomic E-state index is 0.0588. The van der Waals surface area contributed by atoms with Crippen molar-refractivity contribution in [2.45, 2.75) is 261 Å². The average molecular weight is 931 g/mol. The van der Waals surface area contributed by atoms with E-state index in [1.807, 2.05) is 0 Å². The molecule has 0 aromatic heterocycles. The van der Waals surface area contributed by atoms with Gasteiger partial charge in [0.05, 0.1) is 26.4 Å². The van der Waals surface area contributed by atoms with Crippen LogP contribution in [0.4, 0.5) is 0 Å². The summed E-state index contributed by atoms with van der Waals surface area (Å²) in [5, 5.41) is 72.1. The molecule has 0 aromatic rings. The lowest BCUT2D eigenvalue weighted by Crippen LogP contribution is -2.61. The maximum atomic E-state index is 13.0. The highest BCUT2D eigenvalue weighted by Crippen LogP contribution is 2.26. The van der Waals surface area contributed by atoms with Gasteiger partial charge in [0.1, 0.15) is 54.9 Å². The highest BCUT2D eigenvalue weighted by atomic mass is 16.7. The van der Waals surface area contributed by atoms with E-state index in [1.165, 1.54) is 116 Å². The quantitative estimate of drug-likeness (QED) is 0.0179. The van der Waals surface area contributed by atoms with E-state index in [4.69, 9.17) is 28.4 Å². The van der Waals surface area contributed by atoms with Gasteiger partial charge >= 0.3 is 5.97 Å². The molecule has 7 N–H and O–H groups in total. The van der Waals surface area contributed by atoms with E-state index in [1.54, 1.807) is 0 Å². The largest absolute Gasteiger partial charge is 0.457 e. The van der Waals surface area contributed by atoms with Crippen LogP contribution in [0.3, 0.4) is 0 Å². The number of ether oxygens (including phenoxy) is 6. The molecule has 2 rings (SSSR count). The smallest absolute Gasteiger partial charge is 0.306 e. The van der Waals surface area contributed by atoms with Crippen molar-refractivity contribution in [3.05, 3.63) is 24.3 Å². The number of hydrogen-bond donors (Lipinski definition) is 7. The monoisotopic (exact) mass is 931 g/mol. The van der Waals surface area contributed by atoms with Gasteiger partial charge in [-0.25, -0.2) is 0 Å². The Balaban J connectivity index is 1.75. The Hall–Kier alpha value is -1.53. The van der Waals surface area contributed by atoms with Gasteiger partial charge in [0.25, 0.3) is 0 Å². The van der Waals surface area contributed by atoms with Crippen LogP contribution in [-0.4, -0.2) is 142 Å². The Kier molecular flexibility index (Phi) is 36.1. The van der Waals surface area contributed by atoms with E-state index < -0.39 is 80.7 Å². The molecule has 2 aliphatic rings. The van der Waals surface area contributed by atoms with Crippen molar-refractivity contribution in [2.75, 3.05) is 33.0 Å². The zero-order chi connectivity index (χ0) is 47.3. The highest BCUT2D eigenvalue weighted by molar-refractivity contribution is 5.69. The normalized spacial score (nSPS) is 26.7. The summed E-state index contributed by atoms with van der Waals surface area (Å²) in [6.45, 7) is 3.64. The van der Waals surface area contributed by atoms with Crippen molar-refractivity contribution in [3.8, 4) is 0 Å². The lowest BCUT2D eigenvalue weighted by atomic mass is 9.98. The molecule has 2 saturated heterocycles. The van der Waals surface area contributed by atoms with Gasteiger partial charge in [-0.2, -0.15) is 0 Å². The Morgan fingerprint density at radius 3 is 1.45 bits per heavy atom. The molecule has 65 heavy (non-hydrogen) atoms. The fourth-order valence-corrected chi connectivity index (χ4v) is 8.14. The molecular weight excluding hydrogens is 837 g/mol. The molecule has 2 heterocycles. The number of unbranched alkanes of at least 4 members (excludes halogenated alkanes) is 23. The first-order valence-corrected chi connectivity index (χ1v) is 25.9. The SMILES string of the molecule is CCCC/C=C\CCCCCCCCOCC(COC1OC(COC2OC(CO)C(O)C(O)C2O)C(O)C(O)C1O)OC(=O)CCCCCCCCCCC/C=C\CCCCCCCC. The van der Waals surface area contributed by atoms with Crippen molar-refractivity contribution in [2.24, 2.45) is 0 Å². The molecule has 0 aliphatic carbocycles. The molecule has 0 amide bonds. The molecule has 2 aliphatic heterocycles. The molecule has 0 aromatic carbocycles. The molecular formula is C51H94O14. The fraction of sp³-hybridized carbons (Fsp3) is 0.902. The van der Waals surface area contributed by atoms with Crippen LogP contribution in [0.25, 0.3) is 0 Å². The van der Waals surface area contributed by atoms with E-state index >= 15 is 0 Å². The number of carbonyl (C=O) groups is 1. The molecule has 14 nitrogen and oxygen atoms in total. The van der Waals surface area contributed by atoms with Crippen molar-refractivity contribution < 1.29 is 69.0 Å². The molecule has 382 valence electrons. The second-order valence-corrected chi connectivity index (χ2v) is 18.3. The number of carbonyl (C=O) groups excluding carboxylic acids is 1. The Labute approximate surface area is 392 Å². The van der Waals surface area contributed by atoms with E-state index in [-0.39, 0.29) is 25.6 Å². The van der Waals surface area contributed by atoms with Crippen LogP contribution in [0.5, 0.6) is 0 Å². The van der Waals surface area contributed by atoms with Gasteiger partial charge in [-0.05, 0) is 57.8 Å². The maximum absolute atomic E-state index is 13.0. The van der Waals surface area contributed by atoms with Crippen LogP contribution >= 0.6 is 0 Å². The van der Waals surface area contributed by atoms with Crippen molar-refractivity contribution in [3.63, 3.8) is 0 Å². The second-order valence-electron chi connectivity index (χ2n) is 18.3. The third-order valence-electron chi connectivity index (χ3n) is 12.4. The lowest BCUT2D eigenvalue weighted by molar-refractivity contribution is -0.332. The average Bonchev–Trinajstić information content (AvgIpc) is 3.30. The Bertz CT molecular complexity index is 1170.